The molecule has 0 saturated carbocycles. The van der Waals surface area contributed by atoms with Crippen molar-refractivity contribution in [2.45, 2.75) is 92.9 Å². The van der Waals surface area contributed by atoms with Crippen LogP contribution in [0.5, 0.6) is 0 Å². The molecule has 0 aliphatic heterocycles. The van der Waals surface area contributed by atoms with Crippen LogP contribution in [0.15, 0.2) is 0 Å². The van der Waals surface area contributed by atoms with Crippen molar-refractivity contribution >= 4 is 0 Å². The van der Waals surface area contributed by atoms with Gasteiger partial charge in [-0.1, -0.05) is 80.1 Å². The molecule has 4 unspecified atom stereocenters. The molecule has 0 saturated heterocycles. The van der Waals surface area contributed by atoms with Crippen LogP contribution in [-0.4, -0.2) is 0 Å². The highest BCUT2D eigenvalue weighted by Gasteiger charge is 2.15. The van der Waals surface area contributed by atoms with Gasteiger partial charge in [0.05, 0.1) is 0 Å². The minimum atomic E-state index is 0.914. The zero-order chi connectivity index (χ0) is 14.0. The molecule has 0 heteroatoms. The van der Waals surface area contributed by atoms with Crippen molar-refractivity contribution in [1.82, 2.24) is 0 Å². The molecule has 0 aromatic heterocycles. The van der Waals surface area contributed by atoms with Crippen molar-refractivity contribution in [2.75, 3.05) is 0 Å². The Morgan fingerprint density at radius 2 is 1.22 bits per heavy atom. The molecule has 0 radical (unpaired) electrons. The van der Waals surface area contributed by atoms with E-state index in [2.05, 4.69) is 41.5 Å². The second kappa shape index (κ2) is 10.9. The third-order valence-electron chi connectivity index (χ3n) is 4.70. The molecule has 0 aliphatic rings. The van der Waals surface area contributed by atoms with Crippen LogP contribution in [0.2, 0.25) is 0 Å². The molecule has 0 amide bonds. The second-order valence-corrected chi connectivity index (χ2v) is 6.84. The summed E-state index contributed by atoms with van der Waals surface area (Å²) in [5.41, 5.74) is 0. The van der Waals surface area contributed by atoms with Gasteiger partial charge in [0, 0.05) is 0 Å². The predicted octanol–water partition coefficient (Wildman–Crippen LogP) is 6.69. The molecule has 4 atom stereocenters. The maximum atomic E-state index is 2.47. The molecule has 0 spiro atoms. The first-order valence-corrected chi connectivity index (χ1v) is 8.53. The lowest BCUT2D eigenvalue weighted by Gasteiger charge is -2.23. The molecule has 0 fully saturated rings. The molecule has 0 bridgehead atoms. The van der Waals surface area contributed by atoms with Crippen molar-refractivity contribution < 1.29 is 0 Å². The highest BCUT2D eigenvalue weighted by molar-refractivity contribution is 4.67. The van der Waals surface area contributed by atoms with Gasteiger partial charge in [-0.25, -0.2) is 0 Å². The Morgan fingerprint density at radius 3 is 1.72 bits per heavy atom. The molecule has 110 valence electrons. The van der Waals surface area contributed by atoms with E-state index in [9.17, 15) is 0 Å². The summed E-state index contributed by atoms with van der Waals surface area (Å²) in [5.74, 6) is 3.75. The maximum absolute atomic E-state index is 2.47. The quantitative estimate of drug-likeness (QED) is 0.385. The summed E-state index contributed by atoms with van der Waals surface area (Å²) in [6, 6.07) is 0. The van der Waals surface area contributed by atoms with E-state index in [1.807, 2.05) is 0 Å². The van der Waals surface area contributed by atoms with Crippen LogP contribution in [-0.2, 0) is 0 Å². The minimum absolute atomic E-state index is 0.914. The smallest absolute Gasteiger partial charge is 0.0412 e. The summed E-state index contributed by atoms with van der Waals surface area (Å²) in [4.78, 5) is 0. The van der Waals surface area contributed by atoms with Crippen molar-refractivity contribution in [2.24, 2.45) is 23.7 Å². The topological polar surface area (TPSA) is 0 Å². The van der Waals surface area contributed by atoms with Gasteiger partial charge in [0.15, 0.2) is 0 Å². The van der Waals surface area contributed by atoms with E-state index < -0.39 is 0 Å². The zero-order valence-corrected chi connectivity index (χ0v) is 14.0. The first-order valence-electron chi connectivity index (χ1n) is 8.53. The monoisotopic (exact) mass is 254 g/mol. The minimum Gasteiger partial charge on any atom is -0.0654 e. The molecule has 18 heavy (non-hydrogen) atoms. The summed E-state index contributed by atoms with van der Waals surface area (Å²) < 4.78 is 0. The average molecular weight is 255 g/mol. The fourth-order valence-electron chi connectivity index (χ4n) is 3.03. The van der Waals surface area contributed by atoms with Gasteiger partial charge in [0.2, 0.25) is 0 Å². The molecular weight excluding hydrogens is 216 g/mol. The average Bonchev–Trinajstić information content (AvgIpc) is 2.35. The van der Waals surface area contributed by atoms with Gasteiger partial charge in [-0.3, -0.25) is 0 Å². The van der Waals surface area contributed by atoms with Crippen molar-refractivity contribution in [3.8, 4) is 0 Å². The Labute approximate surface area is 117 Å². The maximum Gasteiger partial charge on any atom is -0.0412 e. The fraction of sp³-hybridized carbons (Fsp3) is 1.00. The van der Waals surface area contributed by atoms with E-state index >= 15 is 0 Å². The standard InChI is InChI=1S/C18H38/c1-7-10-18(12-11-15(4)8-2)14-17(6)13-16(5)9-3/h15-18H,7-14H2,1-6H3. The van der Waals surface area contributed by atoms with Gasteiger partial charge < -0.3 is 0 Å². The zero-order valence-electron chi connectivity index (χ0n) is 14.0. The van der Waals surface area contributed by atoms with E-state index in [0.717, 1.165) is 23.7 Å². The van der Waals surface area contributed by atoms with Crippen molar-refractivity contribution in [1.29, 1.82) is 0 Å². The summed E-state index contributed by atoms with van der Waals surface area (Å²) in [6.45, 7) is 14.3. The van der Waals surface area contributed by atoms with E-state index in [0.29, 0.717) is 0 Å². The lowest BCUT2D eigenvalue weighted by Crippen LogP contribution is -2.11. The van der Waals surface area contributed by atoms with Crippen LogP contribution in [0.1, 0.15) is 92.9 Å². The largest absolute Gasteiger partial charge is 0.0654 e. The van der Waals surface area contributed by atoms with Crippen molar-refractivity contribution in [3.05, 3.63) is 0 Å². The Kier molecular flexibility index (Phi) is 10.9. The highest BCUT2D eigenvalue weighted by atomic mass is 14.2. The summed E-state index contributed by atoms with van der Waals surface area (Å²) in [5, 5.41) is 0. The molecule has 0 aliphatic carbocycles. The van der Waals surface area contributed by atoms with Gasteiger partial charge in [-0.2, -0.15) is 0 Å². The highest BCUT2D eigenvalue weighted by Crippen LogP contribution is 2.28. The Hall–Kier alpha value is 0. The Balaban J connectivity index is 4.00. The van der Waals surface area contributed by atoms with Crippen molar-refractivity contribution in [3.63, 3.8) is 0 Å². The molecular formula is C18H38. The lowest BCUT2D eigenvalue weighted by atomic mass is 9.83. The summed E-state index contributed by atoms with van der Waals surface area (Å²) >= 11 is 0. The molecule has 0 heterocycles. The first-order chi connectivity index (χ1) is 8.53. The Morgan fingerprint density at radius 1 is 0.611 bits per heavy atom. The molecule has 0 N–H and O–H groups in total. The SMILES string of the molecule is CCCC(CCC(C)CC)CC(C)CC(C)CC. The molecule has 0 aromatic rings. The van der Waals surface area contributed by atoms with E-state index in [4.69, 9.17) is 0 Å². The first kappa shape index (κ1) is 18.0. The molecule has 0 nitrogen and oxygen atoms in total. The van der Waals surface area contributed by atoms with Gasteiger partial charge in [-0.05, 0) is 36.5 Å². The van der Waals surface area contributed by atoms with Gasteiger partial charge >= 0.3 is 0 Å². The van der Waals surface area contributed by atoms with Crippen LogP contribution >= 0.6 is 0 Å². The van der Waals surface area contributed by atoms with Crippen LogP contribution in [0.3, 0.4) is 0 Å². The van der Waals surface area contributed by atoms with Crippen LogP contribution < -0.4 is 0 Å². The van der Waals surface area contributed by atoms with E-state index in [1.54, 1.807) is 0 Å². The summed E-state index contributed by atoms with van der Waals surface area (Å²) in [7, 11) is 0. The van der Waals surface area contributed by atoms with Crippen LogP contribution in [0, 0.1) is 23.7 Å². The van der Waals surface area contributed by atoms with Crippen LogP contribution in [0.25, 0.3) is 0 Å². The third kappa shape index (κ3) is 9.00. The van der Waals surface area contributed by atoms with Gasteiger partial charge in [-0.15, -0.1) is 0 Å². The number of rotatable bonds is 11. The molecule has 0 rings (SSSR count). The number of hydrogen-bond acceptors (Lipinski definition) is 0. The summed E-state index contributed by atoms with van der Waals surface area (Å²) in [6.07, 6.45) is 11.3. The molecule has 0 aromatic carbocycles. The normalized spacial score (nSPS) is 18.3. The second-order valence-electron chi connectivity index (χ2n) is 6.84. The third-order valence-corrected chi connectivity index (χ3v) is 4.70. The fourth-order valence-corrected chi connectivity index (χ4v) is 3.03. The van der Waals surface area contributed by atoms with Gasteiger partial charge in [0.25, 0.3) is 0 Å². The Bertz CT molecular complexity index is 173. The van der Waals surface area contributed by atoms with Crippen LogP contribution in [0.4, 0.5) is 0 Å². The van der Waals surface area contributed by atoms with E-state index in [-0.39, 0.29) is 0 Å². The predicted molar refractivity (Wildman–Crippen MR) is 84.9 cm³/mol. The van der Waals surface area contributed by atoms with E-state index in [1.165, 1.54) is 51.4 Å². The number of hydrogen-bond donors (Lipinski definition) is 0. The van der Waals surface area contributed by atoms with Gasteiger partial charge in [0.1, 0.15) is 0 Å². The lowest BCUT2D eigenvalue weighted by molar-refractivity contribution is 0.287.